The lowest BCUT2D eigenvalue weighted by Gasteiger charge is -2.30. The molecule has 1 aliphatic heterocycles. The highest BCUT2D eigenvalue weighted by Crippen LogP contribution is 2.23. The third kappa shape index (κ3) is 11.7. The number of ether oxygens (including phenoxy) is 1. The molecule has 13 nitrogen and oxygen atoms in total. The van der Waals surface area contributed by atoms with Crippen molar-refractivity contribution in [1.29, 1.82) is 0 Å². The van der Waals surface area contributed by atoms with Crippen LogP contribution >= 0.6 is 0 Å². The number of nitrogens with one attached hydrogen (secondary N) is 5. The first-order valence-electron chi connectivity index (χ1n) is 17.1. The lowest BCUT2D eigenvalue weighted by atomic mass is 10.0. The number of amides is 6. The molecule has 2 unspecified atom stereocenters. The fourth-order valence-corrected chi connectivity index (χ4v) is 5.66. The highest BCUT2D eigenvalue weighted by atomic mass is 16.5. The average Bonchev–Trinajstić information content (AvgIpc) is 3.62. The van der Waals surface area contributed by atoms with Crippen LogP contribution in [0.1, 0.15) is 61.9 Å². The predicted molar refractivity (Wildman–Crippen MR) is 194 cm³/mol. The Morgan fingerprint density at radius 2 is 1.41 bits per heavy atom. The van der Waals surface area contributed by atoms with E-state index in [2.05, 4.69) is 31.3 Å². The summed E-state index contributed by atoms with van der Waals surface area (Å²) < 4.78 is 4.66. The molecular formula is C38H46N6O7. The first-order chi connectivity index (χ1) is 24.5. The van der Waals surface area contributed by atoms with Gasteiger partial charge in [-0.3, -0.25) is 24.0 Å². The first kappa shape index (κ1) is 38.1. The number of benzene rings is 3. The van der Waals surface area contributed by atoms with Crippen LogP contribution in [0.2, 0.25) is 0 Å². The topological polar surface area (TPSA) is 175 Å². The molecule has 2 atom stereocenters. The van der Waals surface area contributed by atoms with E-state index in [1.807, 2.05) is 30.3 Å². The first-order valence-corrected chi connectivity index (χ1v) is 17.1. The molecule has 270 valence electrons. The van der Waals surface area contributed by atoms with E-state index >= 15 is 0 Å². The largest absolute Gasteiger partial charge is 0.453 e. The summed E-state index contributed by atoms with van der Waals surface area (Å²) in [6.45, 7) is 4.51. The van der Waals surface area contributed by atoms with Crippen molar-refractivity contribution in [2.45, 2.75) is 64.5 Å². The van der Waals surface area contributed by atoms with E-state index in [-0.39, 0.29) is 35.5 Å². The fourth-order valence-electron chi connectivity index (χ4n) is 5.66. The molecule has 0 radical (unpaired) electrons. The van der Waals surface area contributed by atoms with E-state index in [4.69, 9.17) is 0 Å². The highest BCUT2D eigenvalue weighted by molar-refractivity contribution is 6.05. The summed E-state index contributed by atoms with van der Waals surface area (Å²) in [4.78, 5) is 77.0. The van der Waals surface area contributed by atoms with Crippen molar-refractivity contribution in [1.82, 2.24) is 15.5 Å². The number of alkyl carbamates (subject to hydrolysis) is 1. The minimum Gasteiger partial charge on any atom is -0.453 e. The van der Waals surface area contributed by atoms with Crippen LogP contribution < -0.4 is 26.6 Å². The van der Waals surface area contributed by atoms with Gasteiger partial charge in [-0.05, 0) is 85.7 Å². The number of carbonyl (C=O) groups is 6. The molecule has 3 aromatic rings. The number of likely N-dealkylation sites (tertiary alicyclic amines) is 1. The fraction of sp³-hybridized carbons (Fsp3) is 0.368. The Kier molecular flexibility index (Phi) is 14.1. The number of methoxy groups -OCH3 is 1. The molecule has 0 bridgehead atoms. The predicted octanol–water partition coefficient (Wildman–Crippen LogP) is 4.72. The molecule has 13 heteroatoms. The Labute approximate surface area is 297 Å². The molecule has 51 heavy (non-hydrogen) atoms. The van der Waals surface area contributed by atoms with Gasteiger partial charge in [-0.2, -0.15) is 0 Å². The number of hydrogen-bond acceptors (Lipinski definition) is 7. The standard InChI is InChI=1S/C38H46N6O7/c1-25(2)34(43-38(50)51-3)37(49)44-23-9-12-31(44)36(48)42-29-16-14-27(15-17-29)35(47)41-30-20-18-28(19-21-30)40-32(45)13-7-8-22-39-33(46)24-26-10-5-4-6-11-26/h4-6,10-11,14-21,25,31,34H,7-9,12-13,22-24H2,1-3H3,(H,39,46)(H,40,45)(H,41,47)(H,42,48)(H,43,50). The van der Waals surface area contributed by atoms with Gasteiger partial charge in [0.05, 0.1) is 13.5 Å². The molecule has 0 saturated carbocycles. The second-order valence-electron chi connectivity index (χ2n) is 12.7. The van der Waals surface area contributed by atoms with Crippen molar-refractivity contribution >= 4 is 52.7 Å². The van der Waals surface area contributed by atoms with Crippen LogP contribution in [0.5, 0.6) is 0 Å². The van der Waals surface area contributed by atoms with Gasteiger partial charge in [0.2, 0.25) is 23.6 Å². The van der Waals surface area contributed by atoms with Gasteiger partial charge in [0.1, 0.15) is 12.1 Å². The van der Waals surface area contributed by atoms with E-state index < -0.39 is 18.2 Å². The van der Waals surface area contributed by atoms with Crippen molar-refractivity contribution < 1.29 is 33.5 Å². The SMILES string of the molecule is COC(=O)NC(C(=O)N1CCCC1C(=O)Nc1ccc(C(=O)Nc2ccc(NC(=O)CCCCNC(=O)Cc3ccccc3)cc2)cc1)C(C)C. The van der Waals surface area contributed by atoms with Crippen molar-refractivity contribution in [3.8, 4) is 0 Å². The third-order valence-corrected chi connectivity index (χ3v) is 8.43. The Hall–Kier alpha value is -5.72. The Morgan fingerprint density at radius 3 is 2.06 bits per heavy atom. The Morgan fingerprint density at radius 1 is 0.784 bits per heavy atom. The number of anilines is 3. The molecule has 1 fully saturated rings. The average molecular weight is 699 g/mol. The van der Waals surface area contributed by atoms with Crippen LogP contribution in [0.4, 0.5) is 21.9 Å². The maximum absolute atomic E-state index is 13.3. The van der Waals surface area contributed by atoms with Crippen molar-refractivity contribution in [2.24, 2.45) is 5.92 Å². The zero-order chi connectivity index (χ0) is 36.8. The molecule has 0 aliphatic carbocycles. The monoisotopic (exact) mass is 698 g/mol. The van der Waals surface area contributed by atoms with Crippen LogP contribution in [0.3, 0.4) is 0 Å². The summed E-state index contributed by atoms with van der Waals surface area (Å²) in [6, 6.07) is 21.1. The Balaban J connectivity index is 1.18. The number of rotatable bonds is 15. The van der Waals surface area contributed by atoms with Crippen molar-refractivity contribution in [3.63, 3.8) is 0 Å². The van der Waals surface area contributed by atoms with Crippen LogP contribution in [0, 0.1) is 5.92 Å². The smallest absolute Gasteiger partial charge is 0.407 e. The maximum Gasteiger partial charge on any atom is 0.407 e. The zero-order valence-corrected chi connectivity index (χ0v) is 29.2. The van der Waals surface area contributed by atoms with Gasteiger partial charge in [0.15, 0.2) is 0 Å². The summed E-state index contributed by atoms with van der Waals surface area (Å²) in [6.07, 6.45) is 2.38. The van der Waals surface area contributed by atoms with E-state index in [0.29, 0.717) is 74.2 Å². The molecule has 3 aromatic carbocycles. The van der Waals surface area contributed by atoms with Crippen LogP contribution in [-0.4, -0.2) is 72.8 Å². The van der Waals surface area contributed by atoms with Gasteiger partial charge >= 0.3 is 6.09 Å². The van der Waals surface area contributed by atoms with Gasteiger partial charge in [-0.15, -0.1) is 0 Å². The van der Waals surface area contributed by atoms with E-state index in [1.165, 1.54) is 12.0 Å². The molecule has 1 aliphatic rings. The third-order valence-electron chi connectivity index (χ3n) is 8.43. The van der Waals surface area contributed by atoms with Crippen molar-refractivity contribution in [2.75, 3.05) is 36.1 Å². The lowest BCUT2D eigenvalue weighted by Crippen LogP contribution is -2.54. The quantitative estimate of drug-likeness (QED) is 0.143. The second kappa shape index (κ2) is 18.9. The number of carbonyl (C=O) groups excluding carboxylic acids is 6. The number of hydrogen-bond donors (Lipinski definition) is 5. The molecule has 5 N–H and O–H groups in total. The van der Waals surface area contributed by atoms with E-state index in [0.717, 1.165) is 5.56 Å². The minimum atomic E-state index is -0.827. The minimum absolute atomic E-state index is 0.0469. The maximum atomic E-state index is 13.3. The van der Waals surface area contributed by atoms with Crippen LogP contribution in [-0.2, 0) is 30.3 Å². The molecule has 0 aromatic heterocycles. The van der Waals surface area contributed by atoms with Gasteiger partial charge in [0, 0.05) is 42.1 Å². The molecule has 1 heterocycles. The molecule has 6 amide bonds. The summed E-state index contributed by atoms with van der Waals surface area (Å²) in [5.74, 6) is -1.45. The van der Waals surface area contributed by atoms with E-state index in [9.17, 15) is 28.8 Å². The number of nitrogens with zero attached hydrogens (tertiary/aromatic N) is 1. The van der Waals surface area contributed by atoms with Crippen molar-refractivity contribution in [3.05, 3.63) is 90.0 Å². The van der Waals surface area contributed by atoms with Gasteiger partial charge in [-0.1, -0.05) is 44.2 Å². The summed E-state index contributed by atoms with van der Waals surface area (Å²) in [5.41, 5.74) is 2.92. The highest BCUT2D eigenvalue weighted by Gasteiger charge is 2.38. The van der Waals surface area contributed by atoms with Gasteiger partial charge < -0.3 is 36.2 Å². The van der Waals surface area contributed by atoms with Gasteiger partial charge in [-0.25, -0.2) is 4.79 Å². The molecule has 0 spiro atoms. The Bertz CT molecular complexity index is 1660. The normalized spacial score (nSPS) is 14.3. The zero-order valence-electron chi connectivity index (χ0n) is 29.2. The second-order valence-corrected chi connectivity index (χ2v) is 12.7. The molecule has 1 saturated heterocycles. The van der Waals surface area contributed by atoms with E-state index in [1.54, 1.807) is 62.4 Å². The summed E-state index contributed by atoms with van der Waals surface area (Å²) in [7, 11) is 1.23. The lowest BCUT2D eigenvalue weighted by molar-refractivity contribution is -0.139. The molecule has 4 rings (SSSR count). The summed E-state index contributed by atoms with van der Waals surface area (Å²) >= 11 is 0. The number of unbranched alkanes of at least 4 members (excludes halogenated alkanes) is 1. The summed E-state index contributed by atoms with van der Waals surface area (Å²) in [5, 5.41) is 13.9. The molecular weight excluding hydrogens is 652 g/mol. The van der Waals surface area contributed by atoms with Crippen LogP contribution in [0.25, 0.3) is 0 Å². The van der Waals surface area contributed by atoms with Crippen LogP contribution in [0.15, 0.2) is 78.9 Å². The van der Waals surface area contributed by atoms with Gasteiger partial charge in [0.25, 0.3) is 5.91 Å².